The molecule has 0 saturated carbocycles. The second-order valence-electron chi connectivity index (χ2n) is 9.51. The predicted octanol–water partition coefficient (Wildman–Crippen LogP) is 8.78. The number of nitrogens with zero attached hydrogens (tertiary/aromatic N) is 2. The van der Waals surface area contributed by atoms with Crippen molar-refractivity contribution in [3.8, 4) is 11.3 Å². The van der Waals surface area contributed by atoms with Gasteiger partial charge >= 0.3 is 0 Å². The number of halogens is 2. The highest BCUT2D eigenvalue weighted by molar-refractivity contribution is 6.30. The summed E-state index contributed by atoms with van der Waals surface area (Å²) in [5.74, 6) is 0. The predicted molar refractivity (Wildman–Crippen MR) is 154 cm³/mol. The summed E-state index contributed by atoms with van der Waals surface area (Å²) in [6, 6.07) is 16.1. The highest BCUT2D eigenvalue weighted by Crippen LogP contribution is 2.31. The number of aromatic nitrogens is 1. The number of pyridine rings is 1. The summed E-state index contributed by atoms with van der Waals surface area (Å²) < 4.78 is 0. The van der Waals surface area contributed by atoms with Crippen molar-refractivity contribution < 1.29 is 5.11 Å². The molecule has 0 aliphatic heterocycles. The Morgan fingerprint density at radius 3 is 2.11 bits per heavy atom. The first-order valence-electron chi connectivity index (χ1n) is 13.1. The maximum absolute atomic E-state index is 11.5. The number of para-hydroxylation sites is 1. The molecule has 1 atom stereocenters. The summed E-state index contributed by atoms with van der Waals surface area (Å²) in [5, 5.41) is 13.3. The Morgan fingerprint density at radius 1 is 0.886 bits per heavy atom. The van der Waals surface area contributed by atoms with E-state index in [0.717, 1.165) is 46.4 Å². The number of aryl methyl sites for hydroxylation is 1. The van der Waals surface area contributed by atoms with Gasteiger partial charge in [-0.25, -0.2) is 4.98 Å². The van der Waals surface area contributed by atoms with E-state index < -0.39 is 6.10 Å². The number of hydrogen-bond acceptors (Lipinski definition) is 3. The van der Waals surface area contributed by atoms with Gasteiger partial charge in [-0.3, -0.25) is 0 Å². The molecule has 0 fully saturated rings. The Hall–Kier alpha value is -1.65. The molecular formula is C30H42Cl2N2O. The van der Waals surface area contributed by atoms with Crippen LogP contribution in [0, 0.1) is 6.92 Å². The van der Waals surface area contributed by atoms with E-state index in [1.807, 2.05) is 24.3 Å². The summed E-state index contributed by atoms with van der Waals surface area (Å²) in [6.07, 6.45) is 9.41. The van der Waals surface area contributed by atoms with Gasteiger partial charge in [-0.2, -0.15) is 0 Å². The lowest BCUT2D eigenvalue weighted by atomic mass is 9.98. The van der Waals surface area contributed by atoms with Crippen molar-refractivity contribution in [3.05, 3.63) is 64.7 Å². The molecule has 0 spiro atoms. The van der Waals surface area contributed by atoms with Crippen molar-refractivity contribution in [3.63, 3.8) is 0 Å². The smallest absolute Gasteiger partial charge is 0.0924 e. The molecule has 0 amide bonds. The van der Waals surface area contributed by atoms with Crippen LogP contribution in [0.5, 0.6) is 0 Å². The van der Waals surface area contributed by atoms with Gasteiger partial charge in [0, 0.05) is 22.5 Å². The van der Waals surface area contributed by atoms with Gasteiger partial charge in [-0.1, -0.05) is 94.3 Å². The van der Waals surface area contributed by atoms with Gasteiger partial charge in [0.2, 0.25) is 0 Å². The maximum Gasteiger partial charge on any atom is 0.0924 e. The van der Waals surface area contributed by atoms with E-state index >= 15 is 0 Å². The fourth-order valence-corrected chi connectivity index (χ4v) is 4.75. The van der Waals surface area contributed by atoms with Gasteiger partial charge in [-0.05, 0) is 62.2 Å². The fourth-order valence-electron chi connectivity index (χ4n) is 4.62. The molecule has 1 N–H and O–H groups in total. The molecule has 0 aliphatic carbocycles. The van der Waals surface area contributed by atoms with Crippen LogP contribution in [0.1, 0.15) is 82.4 Å². The first-order valence-corrected chi connectivity index (χ1v) is 13.5. The third-order valence-electron chi connectivity index (χ3n) is 6.66. The summed E-state index contributed by atoms with van der Waals surface area (Å²) in [5.41, 5.74) is 4.94. The Morgan fingerprint density at radius 2 is 1.51 bits per heavy atom. The average molecular weight is 518 g/mol. The van der Waals surface area contributed by atoms with E-state index in [2.05, 4.69) is 49.9 Å². The number of aliphatic hydroxyl groups is 1. The normalized spacial score (nSPS) is 12.2. The molecule has 3 nitrogen and oxygen atoms in total. The zero-order chi connectivity index (χ0) is 24.3. The Kier molecular flexibility index (Phi) is 13.1. The number of rotatable bonds is 14. The fraction of sp³-hybridized carbons (Fsp3) is 0.500. The summed E-state index contributed by atoms with van der Waals surface area (Å²) in [6.45, 7) is 9.35. The first-order chi connectivity index (χ1) is 16.5. The molecule has 1 aromatic heterocycles. The van der Waals surface area contributed by atoms with Crippen molar-refractivity contribution in [2.24, 2.45) is 0 Å². The summed E-state index contributed by atoms with van der Waals surface area (Å²) in [7, 11) is 0. The van der Waals surface area contributed by atoms with E-state index in [1.54, 1.807) is 0 Å². The minimum Gasteiger partial charge on any atom is -0.387 e. The highest BCUT2D eigenvalue weighted by Gasteiger charge is 2.19. The van der Waals surface area contributed by atoms with E-state index in [-0.39, 0.29) is 12.4 Å². The van der Waals surface area contributed by atoms with Crippen LogP contribution in [-0.2, 0) is 0 Å². The van der Waals surface area contributed by atoms with E-state index in [1.165, 1.54) is 51.4 Å². The number of aliphatic hydroxyl groups excluding tert-OH is 1. The number of hydrogen-bond donors (Lipinski definition) is 1. The quantitative estimate of drug-likeness (QED) is 0.217. The third kappa shape index (κ3) is 8.75. The SMILES string of the molecule is CCCCCCN(CCCCCC)CC(O)c1cc(-c2ccc(Cl)cc2)nc2c(C)cccc12.Cl. The summed E-state index contributed by atoms with van der Waals surface area (Å²) in [4.78, 5) is 7.44. The van der Waals surface area contributed by atoms with Crippen LogP contribution in [0.25, 0.3) is 22.2 Å². The standard InChI is InChI=1S/C30H41ClN2O.ClH/c1-4-6-8-10-19-33(20-11-9-7-5-2)22-29(34)27-21-28(24-15-17-25(31)18-16-24)32-30-23(3)13-12-14-26(27)30;/h12-18,21,29,34H,4-11,19-20,22H2,1-3H3;1H. The number of unbranched alkanes of at least 4 members (excludes halogenated alkanes) is 6. The van der Waals surface area contributed by atoms with E-state index in [4.69, 9.17) is 16.6 Å². The van der Waals surface area contributed by atoms with Crippen molar-refractivity contribution in [2.75, 3.05) is 19.6 Å². The average Bonchev–Trinajstić information content (AvgIpc) is 2.84. The van der Waals surface area contributed by atoms with Crippen LogP contribution < -0.4 is 0 Å². The van der Waals surface area contributed by atoms with Crippen LogP contribution in [-0.4, -0.2) is 34.6 Å². The van der Waals surface area contributed by atoms with E-state index in [0.29, 0.717) is 11.6 Å². The first kappa shape index (κ1) is 29.6. The Bertz CT molecular complexity index is 1010. The number of fused-ring (bicyclic) bond motifs is 1. The van der Waals surface area contributed by atoms with Crippen LogP contribution >= 0.6 is 24.0 Å². The molecule has 5 heteroatoms. The zero-order valence-corrected chi connectivity index (χ0v) is 23.2. The van der Waals surface area contributed by atoms with Crippen LogP contribution in [0.15, 0.2) is 48.5 Å². The van der Waals surface area contributed by atoms with Gasteiger partial charge in [0.25, 0.3) is 0 Å². The molecule has 35 heavy (non-hydrogen) atoms. The highest BCUT2D eigenvalue weighted by atomic mass is 35.5. The molecule has 3 rings (SSSR count). The molecule has 1 heterocycles. The molecule has 0 bridgehead atoms. The molecular weight excluding hydrogens is 475 g/mol. The molecule has 2 aromatic carbocycles. The second kappa shape index (κ2) is 15.5. The van der Waals surface area contributed by atoms with Gasteiger partial charge in [0.05, 0.1) is 17.3 Å². The van der Waals surface area contributed by atoms with Gasteiger partial charge in [0.1, 0.15) is 0 Å². The second-order valence-corrected chi connectivity index (χ2v) is 9.95. The molecule has 192 valence electrons. The van der Waals surface area contributed by atoms with Gasteiger partial charge in [-0.15, -0.1) is 12.4 Å². The molecule has 1 unspecified atom stereocenters. The zero-order valence-electron chi connectivity index (χ0n) is 21.6. The largest absolute Gasteiger partial charge is 0.387 e. The van der Waals surface area contributed by atoms with Crippen molar-refractivity contribution in [2.45, 2.75) is 78.2 Å². The molecule has 0 aliphatic rings. The molecule has 0 saturated heterocycles. The minimum absolute atomic E-state index is 0. The van der Waals surface area contributed by atoms with Gasteiger partial charge in [0.15, 0.2) is 0 Å². The molecule has 0 radical (unpaired) electrons. The summed E-state index contributed by atoms with van der Waals surface area (Å²) >= 11 is 6.12. The van der Waals surface area contributed by atoms with E-state index in [9.17, 15) is 5.11 Å². The Balaban J connectivity index is 0.00000432. The molecule has 3 aromatic rings. The Labute approximate surface area is 223 Å². The monoisotopic (exact) mass is 516 g/mol. The topological polar surface area (TPSA) is 36.4 Å². The van der Waals surface area contributed by atoms with Crippen LogP contribution in [0.2, 0.25) is 5.02 Å². The lowest BCUT2D eigenvalue weighted by molar-refractivity contribution is 0.111. The third-order valence-corrected chi connectivity index (χ3v) is 6.91. The van der Waals surface area contributed by atoms with Gasteiger partial charge < -0.3 is 10.0 Å². The van der Waals surface area contributed by atoms with Crippen LogP contribution in [0.4, 0.5) is 0 Å². The van der Waals surface area contributed by atoms with Crippen molar-refractivity contribution in [1.29, 1.82) is 0 Å². The minimum atomic E-state index is -0.560. The van der Waals surface area contributed by atoms with Crippen LogP contribution in [0.3, 0.4) is 0 Å². The number of benzene rings is 2. The maximum atomic E-state index is 11.5. The lowest BCUT2D eigenvalue weighted by Gasteiger charge is -2.26. The van der Waals surface area contributed by atoms with Crippen molar-refractivity contribution >= 4 is 34.9 Å². The lowest BCUT2D eigenvalue weighted by Crippen LogP contribution is -2.31. The van der Waals surface area contributed by atoms with Crippen molar-refractivity contribution in [1.82, 2.24) is 9.88 Å².